The lowest BCUT2D eigenvalue weighted by Crippen LogP contribution is -2.33. The number of aliphatic carboxylic acids is 1. The lowest BCUT2D eigenvalue weighted by Gasteiger charge is -2.22. The maximum Gasteiger partial charge on any atom is 0.331 e. The molecule has 0 amide bonds. The van der Waals surface area contributed by atoms with E-state index in [0.717, 1.165) is 0 Å². The molecule has 1 aliphatic heterocycles. The van der Waals surface area contributed by atoms with E-state index in [4.69, 9.17) is 19.3 Å². The topological polar surface area (TPSA) is 109 Å². The Labute approximate surface area is 111 Å². The SMILES string of the molecule is C=C(CC(O)COC(OCC1CO1)C(C)O)C(=O)O. The van der Waals surface area contributed by atoms with Crippen molar-refractivity contribution in [2.24, 2.45) is 0 Å². The molecule has 0 aromatic rings. The third-order valence-corrected chi connectivity index (χ3v) is 2.48. The average Bonchev–Trinajstić information content (AvgIpc) is 3.12. The average molecular weight is 276 g/mol. The molecule has 0 aromatic carbocycles. The van der Waals surface area contributed by atoms with Crippen LogP contribution in [0.4, 0.5) is 0 Å². The van der Waals surface area contributed by atoms with Crippen LogP contribution >= 0.6 is 0 Å². The van der Waals surface area contributed by atoms with Gasteiger partial charge in [0.05, 0.1) is 25.9 Å². The summed E-state index contributed by atoms with van der Waals surface area (Å²) in [6.07, 6.45) is -2.81. The van der Waals surface area contributed by atoms with Crippen molar-refractivity contribution < 1.29 is 34.3 Å². The number of carbonyl (C=O) groups is 1. The summed E-state index contributed by atoms with van der Waals surface area (Å²) in [5.74, 6) is -1.16. The fraction of sp³-hybridized carbons (Fsp3) is 0.750. The molecule has 19 heavy (non-hydrogen) atoms. The number of aliphatic hydroxyl groups is 2. The summed E-state index contributed by atoms with van der Waals surface area (Å²) in [7, 11) is 0. The third kappa shape index (κ3) is 6.65. The molecule has 7 heteroatoms. The summed E-state index contributed by atoms with van der Waals surface area (Å²) in [6.45, 7) is 5.61. The summed E-state index contributed by atoms with van der Waals surface area (Å²) >= 11 is 0. The molecule has 3 N–H and O–H groups in total. The molecule has 110 valence electrons. The molecule has 1 fully saturated rings. The van der Waals surface area contributed by atoms with E-state index in [-0.39, 0.29) is 24.7 Å². The first-order valence-corrected chi connectivity index (χ1v) is 6.02. The van der Waals surface area contributed by atoms with Gasteiger partial charge < -0.3 is 29.5 Å². The van der Waals surface area contributed by atoms with Crippen LogP contribution in [0.3, 0.4) is 0 Å². The molecular weight excluding hydrogens is 256 g/mol. The smallest absolute Gasteiger partial charge is 0.331 e. The Morgan fingerprint density at radius 2 is 2.11 bits per heavy atom. The van der Waals surface area contributed by atoms with Gasteiger partial charge in [-0.2, -0.15) is 0 Å². The Bertz CT molecular complexity index is 311. The normalized spacial score (nSPS) is 22.6. The van der Waals surface area contributed by atoms with Gasteiger partial charge in [-0.15, -0.1) is 0 Å². The zero-order chi connectivity index (χ0) is 14.4. The van der Waals surface area contributed by atoms with E-state index in [1.165, 1.54) is 6.92 Å². The van der Waals surface area contributed by atoms with Gasteiger partial charge in [0.15, 0.2) is 6.29 Å². The number of epoxide rings is 1. The van der Waals surface area contributed by atoms with Crippen LogP contribution in [-0.4, -0.2) is 65.7 Å². The zero-order valence-electron chi connectivity index (χ0n) is 10.8. The summed E-state index contributed by atoms with van der Waals surface area (Å²) in [6, 6.07) is 0. The molecule has 4 unspecified atom stereocenters. The highest BCUT2D eigenvalue weighted by Gasteiger charge is 2.26. The summed E-state index contributed by atoms with van der Waals surface area (Å²) in [5, 5.41) is 27.6. The zero-order valence-corrected chi connectivity index (χ0v) is 10.8. The first-order valence-electron chi connectivity index (χ1n) is 6.02. The Balaban J connectivity index is 2.25. The molecule has 1 aliphatic rings. The first-order chi connectivity index (χ1) is 8.90. The maximum atomic E-state index is 10.5. The summed E-state index contributed by atoms with van der Waals surface area (Å²) < 4.78 is 15.5. The van der Waals surface area contributed by atoms with Crippen LogP contribution in [0, 0.1) is 0 Å². The standard InChI is InChI=1S/C12H20O7/c1-7(11(15)16)3-9(14)4-18-12(8(2)13)19-6-10-5-17-10/h8-10,12-14H,1,3-6H2,2H3,(H,15,16). The predicted octanol–water partition coefficient (Wildman–Crippen LogP) is -0.483. The molecule has 0 bridgehead atoms. The second kappa shape index (κ2) is 7.56. The first kappa shape index (κ1) is 16.1. The number of hydrogen-bond acceptors (Lipinski definition) is 6. The van der Waals surface area contributed by atoms with Gasteiger partial charge in [0.1, 0.15) is 12.2 Å². The minimum absolute atomic E-state index is 0.0431. The monoisotopic (exact) mass is 276 g/mol. The highest BCUT2D eigenvalue weighted by atomic mass is 16.7. The van der Waals surface area contributed by atoms with Crippen LogP contribution < -0.4 is 0 Å². The van der Waals surface area contributed by atoms with E-state index in [1.54, 1.807) is 0 Å². The number of carboxylic acid groups (broad SMARTS) is 1. The van der Waals surface area contributed by atoms with Crippen LogP contribution in [0.5, 0.6) is 0 Å². The number of ether oxygens (including phenoxy) is 3. The maximum absolute atomic E-state index is 10.5. The number of hydrogen-bond donors (Lipinski definition) is 3. The molecule has 0 saturated carbocycles. The minimum Gasteiger partial charge on any atom is -0.478 e. The molecule has 1 heterocycles. The molecule has 7 nitrogen and oxygen atoms in total. The molecule has 1 rings (SSSR count). The largest absolute Gasteiger partial charge is 0.478 e. The van der Waals surface area contributed by atoms with Gasteiger partial charge in [-0.1, -0.05) is 6.58 Å². The van der Waals surface area contributed by atoms with Gasteiger partial charge >= 0.3 is 5.97 Å². The fourth-order valence-corrected chi connectivity index (χ4v) is 1.33. The van der Waals surface area contributed by atoms with E-state index in [0.29, 0.717) is 13.2 Å². The van der Waals surface area contributed by atoms with Gasteiger partial charge in [0.2, 0.25) is 0 Å². The van der Waals surface area contributed by atoms with Crippen LogP contribution in [0.15, 0.2) is 12.2 Å². The van der Waals surface area contributed by atoms with E-state index < -0.39 is 24.5 Å². The molecule has 1 saturated heterocycles. The molecule has 0 aliphatic carbocycles. The van der Waals surface area contributed by atoms with E-state index in [1.807, 2.05) is 0 Å². The number of aliphatic hydroxyl groups excluding tert-OH is 2. The van der Waals surface area contributed by atoms with E-state index >= 15 is 0 Å². The molecular formula is C12H20O7. The van der Waals surface area contributed by atoms with Crippen molar-refractivity contribution in [3.8, 4) is 0 Å². The van der Waals surface area contributed by atoms with Crippen LogP contribution in [0.25, 0.3) is 0 Å². The van der Waals surface area contributed by atoms with Crippen molar-refractivity contribution >= 4 is 5.97 Å². The summed E-state index contributed by atoms with van der Waals surface area (Å²) in [4.78, 5) is 10.5. The quantitative estimate of drug-likeness (QED) is 0.281. The van der Waals surface area contributed by atoms with Gasteiger partial charge in [-0.3, -0.25) is 0 Å². The van der Waals surface area contributed by atoms with Gasteiger partial charge in [-0.25, -0.2) is 4.79 Å². The minimum atomic E-state index is -1.16. The van der Waals surface area contributed by atoms with Crippen LogP contribution in [0.1, 0.15) is 13.3 Å². The second-order valence-electron chi connectivity index (χ2n) is 4.50. The third-order valence-electron chi connectivity index (χ3n) is 2.48. The molecule has 0 spiro atoms. The van der Waals surface area contributed by atoms with E-state index in [2.05, 4.69) is 6.58 Å². The van der Waals surface area contributed by atoms with Gasteiger partial charge in [0.25, 0.3) is 0 Å². The predicted molar refractivity (Wildman–Crippen MR) is 64.5 cm³/mol. The number of carboxylic acids is 1. The van der Waals surface area contributed by atoms with Crippen molar-refractivity contribution in [2.75, 3.05) is 19.8 Å². The molecule has 0 radical (unpaired) electrons. The van der Waals surface area contributed by atoms with Crippen molar-refractivity contribution in [3.05, 3.63) is 12.2 Å². The fourth-order valence-electron chi connectivity index (χ4n) is 1.33. The van der Waals surface area contributed by atoms with Gasteiger partial charge in [0, 0.05) is 12.0 Å². The van der Waals surface area contributed by atoms with Crippen molar-refractivity contribution in [2.45, 2.75) is 37.9 Å². The lowest BCUT2D eigenvalue weighted by atomic mass is 10.1. The Morgan fingerprint density at radius 1 is 1.47 bits per heavy atom. The Kier molecular flexibility index (Phi) is 6.40. The second-order valence-corrected chi connectivity index (χ2v) is 4.50. The Hall–Kier alpha value is -0.990. The van der Waals surface area contributed by atoms with Crippen molar-refractivity contribution in [1.82, 2.24) is 0 Å². The van der Waals surface area contributed by atoms with Crippen molar-refractivity contribution in [3.63, 3.8) is 0 Å². The lowest BCUT2D eigenvalue weighted by molar-refractivity contribution is -0.201. The van der Waals surface area contributed by atoms with Crippen LogP contribution in [-0.2, 0) is 19.0 Å². The summed E-state index contributed by atoms with van der Waals surface area (Å²) in [5.41, 5.74) is -0.100. The van der Waals surface area contributed by atoms with Crippen molar-refractivity contribution in [1.29, 1.82) is 0 Å². The molecule has 4 atom stereocenters. The highest BCUT2D eigenvalue weighted by molar-refractivity contribution is 5.85. The van der Waals surface area contributed by atoms with Crippen LogP contribution in [0.2, 0.25) is 0 Å². The number of rotatable bonds is 10. The Morgan fingerprint density at radius 3 is 2.58 bits per heavy atom. The molecule has 0 aromatic heterocycles. The van der Waals surface area contributed by atoms with Gasteiger partial charge in [-0.05, 0) is 6.92 Å². The highest BCUT2D eigenvalue weighted by Crippen LogP contribution is 2.13. The van der Waals surface area contributed by atoms with E-state index in [9.17, 15) is 15.0 Å².